The zero-order chi connectivity index (χ0) is 23.1. The Morgan fingerprint density at radius 2 is 2.12 bits per heavy atom. The zero-order valence-corrected chi connectivity index (χ0v) is 20.5. The van der Waals surface area contributed by atoms with Crippen LogP contribution in [0.15, 0.2) is 18.2 Å². The van der Waals surface area contributed by atoms with Gasteiger partial charge < -0.3 is 23.7 Å². The summed E-state index contributed by atoms with van der Waals surface area (Å²) in [5.41, 5.74) is 1.69. The molecule has 0 aliphatic carbocycles. The second-order valence-corrected chi connectivity index (χ2v) is 11.2. The fourth-order valence-corrected chi connectivity index (χ4v) is 5.31. The lowest BCUT2D eigenvalue weighted by Gasteiger charge is -2.42. The van der Waals surface area contributed by atoms with Gasteiger partial charge in [0, 0.05) is 30.9 Å². The third-order valence-electron chi connectivity index (χ3n) is 6.58. The van der Waals surface area contributed by atoms with Crippen LogP contribution in [0.3, 0.4) is 0 Å². The Kier molecular flexibility index (Phi) is 6.52. The van der Waals surface area contributed by atoms with Crippen molar-refractivity contribution in [3.63, 3.8) is 0 Å². The van der Waals surface area contributed by atoms with E-state index in [4.69, 9.17) is 18.8 Å². The minimum atomic E-state index is -0.501. The third kappa shape index (κ3) is 5.42. The molecule has 4 rings (SSSR count). The second kappa shape index (κ2) is 8.90. The topological polar surface area (TPSA) is 57.2 Å². The summed E-state index contributed by atoms with van der Waals surface area (Å²) in [5, 5.41) is 0. The van der Waals surface area contributed by atoms with Crippen molar-refractivity contribution in [2.24, 2.45) is 0 Å². The molecular weight excluding hydrogens is 405 g/mol. The van der Waals surface area contributed by atoms with E-state index in [2.05, 4.69) is 39.0 Å². The second-order valence-electron chi connectivity index (χ2n) is 11.2. The van der Waals surface area contributed by atoms with Gasteiger partial charge in [0.2, 0.25) is 0 Å². The molecule has 6 nitrogen and oxygen atoms in total. The largest absolute Gasteiger partial charge is 0.493 e. The Bertz CT molecular complexity index is 836. The number of carbonyl (C=O) groups is 1. The molecule has 0 radical (unpaired) electrons. The lowest BCUT2D eigenvalue weighted by atomic mass is 9.62. The Morgan fingerprint density at radius 3 is 2.84 bits per heavy atom. The summed E-state index contributed by atoms with van der Waals surface area (Å²) in [6.45, 7) is 13.6. The number of nitrogens with zero attached hydrogens (tertiary/aromatic N) is 1. The molecule has 3 atom stereocenters. The van der Waals surface area contributed by atoms with Gasteiger partial charge in [0.1, 0.15) is 11.4 Å². The van der Waals surface area contributed by atoms with Crippen LogP contribution in [0, 0.1) is 0 Å². The van der Waals surface area contributed by atoms with Crippen molar-refractivity contribution < 1.29 is 23.6 Å². The Balaban J connectivity index is 1.60. The van der Waals surface area contributed by atoms with Crippen LogP contribution in [-0.4, -0.2) is 54.6 Å². The number of fused-ring (bicyclic) bond motifs is 1. The highest BCUT2D eigenvalue weighted by atomic mass is 16.6. The number of rotatable bonds is 4. The predicted octanol–water partition coefficient (Wildman–Crippen LogP) is 5.13. The third-order valence-corrected chi connectivity index (χ3v) is 6.58. The zero-order valence-electron chi connectivity index (χ0n) is 20.5. The first kappa shape index (κ1) is 23.4. The maximum atomic E-state index is 12.9. The lowest BCUT2D eigenvalue weighted by Crippen LogP contribution is -2.50. The Hall–Kier alpha value is -1.73. The number of hydrogen-bond donors (Lipinski definition) is 0. The molecule has 32 heavy (non-hydrogen) atoms. The van der Waals surface area contributed by atoms with Gasteiger partial charge >= 0.3 is 13.2 Å². The molecule has 176 valence electrons. The number of likely N-dealkylation sites (tertiary alicyclic amines) is 1. The highest BCUT2D eigenvalue weighted by molar-refractivity contribution is 6.47. The summed E-state index contributed by atoms with van der Waals surface area (Å²) >= 11 is 0. The van der Waals surface area contributed by atoms with E-state index in [1.54, 1.807) is 0 Å². The average Bonchev–Trinajstić information content (AvgIpc) is 3.31. The number of amides is 1. The smallest absolute Gasteiger partial charge is 0.465 e. The van der Waals surface area contributed by atoms with Crippen molar-refractivity contribution in [2.75, 3.05) is 13.2 Å². The van der Waals surface area contributed by atoms with E-state index in [9.17, 15) is 4.79 Å². The van der Waals surface area contributed by atoms with Gasteiger partial charge in [0.15, 0.2) is 0 Å². The molecule has 7 heteroatoms. The molecule has 0 saturated carbocycles. The summed E-state index contributed by atoms with van der Waals surface area (Å²) in [7, 11) is -0.352. The van der Waals surface area contributed by atoms with Crippen molar-refractivity contribution in [3.8, 4) is 5.75 Å². The van der Waals surface area contributed by atoms with Gasteiger partial charge in [0.25, 0.3) is 0 Å². The predicted molar refractivity (Wildman–Crippen MR) is 125 cm³/mol. The van der Waals surface area contributed by atoms with Gasteiger partial charge in [-0.15, -0.1) is 0 Å². The maximum absolute atomic E-state index is 12.9. The highest BCUT2D eigenvalue weighted by Gasteiger charge is 2.45. The number of benzene rings is 1. The first-order valence-corrected chi connectivity index (χ1v) is 12.1. The van der Waals surface area contributed by atoms with Crippen molar-refractivity contribution in [1.82, 2.24) is 4.90 Å². The monoisotopic (exact) mass is 443 g/mol. The molecule has 0 aromatic heterocycles. The van der Waals surface area contributed by atoms with Crippen LogP contribution in [-0.2, 0) is 20.5 Å². The van der Waals surface area contributed by atoms with Gasteiger partial charge in [0.05, 0.1) is 12.2 Å². The Morgan fingerprint density at radius 1 is 1.34 bits per heavy atom. The number of carbonyl (C=O) groups excluding carboxylic acids is 1. The van der Waals surface area contributed by atoms with Crippen molar-refractivity contribution in [1.29, 1.82) is 0 Å². The molecule has 3 unspecified atom stereocenters. The normalized spacial score (nSPS) is 25.9. The fraction of sp³-hybridized carbons (Fsp3) is 0.720. The fourth-order valence-electron chi connectivity index (χ4n) is 5.31. The Labute approximate surface area is 193 Å². The first-order chi connectivity index (χ1) is 15.0. The SMILES string of the molecule is CC1CC(C)(C)OB(C(CC2CCCN2C(=O)OC(C)(C)C)c2ccc3c(c2)CCO3)O1. The van der Waals surface area contributed by atoms with Crippen LogP contribution >= 0.6 is 0 Å². The molecule has 0 bridgehead atoms. The molecular formula is C25H38BNO5. The van der Waals surface area contributed by atoms with E-state index < -0.39 is 5.60 Å². The van der Waals surface area contributed by atoms with Gasteiger partial charge in [-0.2, -0.15) is 0 Å². The minimum absolute atomic E-state index is 0.0240. The van der Waals surface area contributed by atoms with Gasteiger partial charge in [-0.25, -0.2) is 4.79 Å². The lowest BCUT2D eigenvalue weighted by molar-refractivity contribution is -0.0338. The molecule has 2 saturated heterocycles. The standard InChI is InChI=1S/C25H38BNO5/c1-17-16-25(5,6)32-26(31-17)21(18-9-10-22-19(14-18)11-13-29-22)15-20-8-7-12-27(20)23(28)30-24(2,3)4/h9-10,14,17,20-21H,7-8,11-13,15-16H2,1-6H3. The highest BCUT2D eigenvalue weighted by Crippen LogP contribution is 2.39. The van der Waals surface area contributed by atoms with E-state index in [-0.39, 0.29) is 36.8 Å². The van der Waals surface area contributed by atoms with Crippen molar-refractivity contribution >= 4 is 13.2 Å². The summed E-state index contributed by atoms with van der Waals surface area (Å²) < 4.78 is 24.3. The van der Waals surface area contributed by atoms with E-state index >= 15 is 0 Å². The van der Waals surface area contributed by atoms with Crippen LogP contribution in [0.2, 0.25) is 0 Å². The van der Waals surface area contributed by atoms with Crippen LogP contribution in [0.5, 0.6) is 5.75 Å². The number of ether oxygens (including phenoxy) is 2. The summed E-state index contributed by atoms with van der Waals surface area (Å²) in [6.07, 6.45) is 4.43. The molecule has 3 aliphatic heterocycles. The van der Waals surface area contributed by atoms with Gasteiger partial charge in [-0.05, 0) is 84.4 Å². The summed E-state index contributed by atoms with van der Waals surface area (Å²) in [6, 6.07) is 6.56. The summed E-state index contributed by atoms with van der Waals surface area (Å²) in [5.74, 6) is 0.999. The van der Waals surface area contributed by atoms with E-state index in [1.165, 1.54) is 11.1 Å². The molecule has 2 fully saturated rings. The van der Waals surface area contributed by atoms with Crippen molar-refractivity contribution in [3.05, 3.63) is 29.3 Å². The van der Waals surface area contributed by atoms with Gasteiger partial charge in [-0.1, -0.05) is 12.1 Å². The van der Waals surface area contributed by atoms with E-state index in [0.29, 0.717) is 0 Å². The van der Waals surface area contributed by atoms with Crippen LogP contribution in [0.4, 0.5) is 4.79 Å². The van der Waals surface area contributed by atoms with E-state index in [1.807, 2.05) is 25.7 Å². The van der Waals surface area contributed by atoms with Crippen molar-refractivity contribution in [2.45, 2.75) is 103 Å². The molecule has 0 N–H and O–H groups in total. The van der Waals surface area contributed by atoms with Crippen LogP contribution < -0.4 is 4.74 Å². The number of hydrogen-bond acceptors (Lipinski definition) is 5. The molecule has 3 heterocycles. The van der Waals surface area contributed by atoms with Crippen LogP contribution in [0.1, 0.15) is 84.2 Å². The molecule has 0 spiro atoms. The minimum Gasteiger partial charge on any atom is -0.493 e. The average molecular weight is 443 g/mol. The summed E-state index contributed by atoms with van der Waals surface area (Å²) in [4.78, 5) is 14.8. The van der Waals surface area contributed by atoms with Gasteiger partial charge in [-0.3, -0.25) is 0 Å². The molecule has 3 aliphatic rings. The molecule has 1 amide bonds. The van der Waals surface area contributed by atoms with E-state index in [0.717, 1.165) is 51.0 Å². The first-order valence-electron chi connectivity index (χ1n) is 12.1. The molecule has 1 aromatic carbocycles. The quantitative estimate of drug-likeness (QED) is 0.605. The van der Waals surface area contributed by atoms with Crippen LogP contribution in [0.25, 0.3) is 0 Å². The molecule has 1 aromatic rings. The maximum Gasteiger partial charge on any atom is 0.465 e.